The van der Waals surface area contributed by atoms with Crippen molar-refractivity contribution in [2.45, 2.75) is 101 Å². The van der Waals surface area contributed by atoms with Crippen molar-refractivity contribution in [2.24, 2.45) is 17.8 Å². The molecular formula is C48H67FN2O3. The molecule has 3 aliphatic rings. The molecule has 0 aliphatic heterocycles. The number of aliphatic hydroxyl groups is 2. The van der Waals surface area contributed by atoms with E-state index in [1.807, 2.05) is 44.4 Å². The summed E-state index contributed by atoms with van der Waals surface area (Å²) in [7, 11) is 9.77. The summed E-state index contributed by atoms with van der Waals surface area (Å²) in [5.74, 6) is 0.763. The summed E-state index contributed by atoms with van der Waals surface area (Å²) in [6.45, 7) is 1.71. The molecule has 3 saturated carbocycles. The third kappa shape index (κ3) is 10.9. The Bertz CT molecular complexity index is 1630. The summed E-state index contributed by atoms with van der Waals surface area (Å²) in [6.07, 6.45) is 20.4. The van der Waals surface area contributed by atoms with Crippen molar-refractivity contribution in [3.63, 3.8) is 0 Å². The zero-order valence-corrected chi connectivity index (χ0v) is 33.8. The standard InChI is InChI=1S/C24H30FNO2.C24H37NO/c1-26(2)17-21-12-8-7-11-19(15-18-9-5-4-6-10-18)24(21,27)20-13-14-23(28-3)22(25)16-20;1-25(2)19-23-16-10-9-15-22(17-20-11-5-3-6-12-20)24(23,26)18-21-13-7-4-8-14-21/h4-6,9-10,13-16,21,27H,7-8,11-12,17H2,1-3H3;3,5-6,11-12,17,21,23,26H,4,7-10,13-16,18-19H2,1-2H3. The number of ether oxygens (including phenoxy) is 1. The largest absolute Gasteiger partial charge is 0.494 e. The average molecular weight is 739 g/mol. The molecular weight excluding hydrogens is 672 g/mol. The maximum Gasteiger partial charge on any atom is 0.165 e. The lowest BCUT2D eigenvalue weighted by Crippen LogP contribution is -2.45. The molecule has 0 spiro atoms. The fourth-order valence-corrected chi connectivity index (χ4v) is 9.47. The van der Waals surface area contributed by atoms with Crippen LogP contribution in [0.5, 0.6) is 5.75 Å². The topological polar surface area (TPSA) is 56.2 Å². The average Bonchev–Trinajstić information content (AvgIpc) is 3.40. The molecule has 0 heterocycles. The van der Waals surface area contributed by atoms with Crippen LogP contribution >= 0.6 is 0 Å². The van der Waals surface area contributed by atoms with Crippen molar-refractivity contribution in [2.75, 3.05) is 48.4 Å². The van der Waals surface area contributed by atoms with Gasteiger partial charge in [0.05, 0.1) is 12.7 Å². The van der Waals surface area contributed by atoms with E-state index in [0.717, 1.165) is 69.2 Å². The lowest BCUT2D eigenvalue weighted by atomic mass is 9.70. The fraction of sp³-hybridized carbons (Fsp3) is 0.542. The number of hydrogen-bond donors (Lipinski definition) is 2. The molecule has 3 aromatic rings. The minimum atomic E-state index is -1.22. The number of hydrogen-bond acceptors (Lipinski definition) is 5. The van der Waals surface area contributed by atoms with Crippen LogP contribution in [0.15, 0.2) is 90.0 Å². The second-order valence-electron chi connectivity index (χ2n) is 16.8. The number of methoxy groups -OCH3 is 1. The third-order valence-corrected chi connectivity index (χ3v) is 12.2. The summed E-state index contributed by atoms with van der Waals surface area (Å²) in [4.78, 5) is 4.36. The van der Waals surface area contributed by atoms with Gasteiger partial charge in [0.1, 0.15) is 5.60 Å². The van der Waals surface area contributed by atoms with Gasteiger partial charge >= 0.3 is 0 Å². The predicted molar refractivity (Wildman–Crippen MR) is 223 cm³/mol. The van der Waals surface area contributed by atoms with E-state index in [2.05, 4.69) is 66.4 Å². The Labute approximate surface area is 325 Å². The Hall–Kier alpha value is -3.29. The van der Waals surface area contributed by atoms with Crippen molar-refractivity contribution in [3.8, 4) is 5.75 Å². The van der Waals surface area contributed by atoms with E-state index in [1.165, 1.54) is 69.3 Å². The van der Waals surface area contributed by atoms with Crippen LogP contribution in [-0.4, -0.2) is 74.0 Å². The van der Waals surface area contributed by atoms with Gasteiger partial charge in [-0.05, 0) is 119 Å². The SMILES string of the molecule is CN(C)CC1CCCCC(=Cc2ccccc2)C1(O)CC1CCCCC1.COc1ccc(C2(O)C(=Cc3ccccc3)CCCCC2CN(C)C)cc1F. The van der Waals surface area contributed by atoms with Gasteiger partial charge in [0.15, 0.2) is 11.6 Å². The Kier molecular flexibility index (Phi) is 15.5. The van der Waals surface area contributed by atoms with Gasteiger partial charge in [0.25, 0.3) is 0 Å². The molecule has 0 saturated heterocycles. The van der Waals surface area contributed by atoms with Gasteiger partial charge in [-0.3, -0.25) is 0 Å². The molecule has 4 atom stereocenters. The van der Waals surface area contributed by atoms with Crippen molar-refractivity contribution >= 4 is 12.2 Å². The summed E-state index contributed by atoms with van der Waals surface area (Å²) in [5.41, 5.74) is 3.26. The first-order valence-electron chi connectivity index (χ1n) is 20.6. The Balaban J connectivity index is 0.000000208. The van der Waals surface area contributed by atoms with Crippen LogP contribution in [0, 0.1) is 23.6 Å². The molecule has 3 fully saturated rings. The number of nitrogens with zero attached hydrogens (tertiary/aromatic N) is 2. The van der Waals surface area contributed by atoms with Crippen LogP contribution in [0.4, 0.5) is 4.39 Å². The quantitative estimate of drug-likeness (QED) is 0.203. The highest BCUT2D eigenvalue weighted by molar-refractivity contribution is 5.58. The van der Waals surface area contributed by atoms with Gasteiger partial charge in [-0.1, -0.05) is 124 Å². The van der Waals surface area contributed by atoms with Gasteiger partial charge in [-0.15, -0.1) is 0 Å². The lowest BCUT2D eigenvalue weighted by Gasteiger charge is -2.41. The van der Waals surface area contributed by atoms with Gasteiger partial charge < -0.3 is 24.7 Å². The normalized spacial score (nSPS) is 27.0. The van der Waals surface area contributed by atoms with Gasteiger partial charge in [-0.25, -0.2) is 4.39 Å². The summed E-state index contributed by atoms with van der Waals surface area (Å²) >= 11 is 0. The van der Waals surface area contributed by atoms with Crippen LogP contribution in [0.1, 0.15) is 107 Å². The number of halogens is 1. The van der Waals surface area contributed by atoms with Crippen LogP contribution < -0.4 is 4.74 Å². The fourth-order valence-electron chi connectivity index (χ4n) is 9.47. The van der Waals surface area contributed by atoms with E-state index in [0.29, 0.717) is 17.4 Å². The van der Waals surface area contributed by atoms with Crippen molar-refractivity contribution in [1.29, 1.82) is 0 Å². The minimum Gasteiger partial charge on any atom is -0.494 e. The first kappa shape index (κ1) is 41.9. The first-order valence-corrected chi connectivity index (χ1v) is 20.6. The highest BCUT2D eigenvalue weighted by Gasteiger charge is 2.44. The molecule has 3 aliphatic carbocycles. The van der Waals surface area contributed by atoms with Crippen molar-refractivity contribution in [1.82, 2.24) is 9.80 Å². The smallest absolute Gasteiger partial charge is 0.165 e. The Morgan fingerprint density at radius 3 is 1.74 bits per heavy atom. The zero-order valence-electron chi connectivity index (χ0n) is 33.8. The van der Waals surface area contributed by atoms with Crippen LogP contribution in [0.25, 0.3) is 12.2 Å². The van der Waals surface area contributed by atoms with E-state index in [-0.39, 0.29) is 11.7 Å². The molecule has 6 heteroatoms. The third-order valence-electron chi connectivity index (χ3n) is 12.2. The molecule has 0 radical (unpaired) electrons. The zero-order chi connectivity index (χ0) is 38.6. The molecule has 0 bridgehead atoms. The minimum absolute atomic E-state index is 0.0206. The maximum atomic E-state index is 14.6. The molecule has 54 heavy (non-hydrogen) atoms. The second kappa shape index (κ2) is 20.0. The lowest BCUT2D eigenvalue weighted by molar-refractivity contribution is -0.0194. The van der Waals surface area contributed by atoms with Crippen LogP contribution in [0.3, 0.4) is 0 Å². The monoisotopic (exact) mass is 739 g/mol. The van der Waals surface area contributed by atoms with Gasteiger partial charge in [0.2, 0.25) is 0 Å². The maximum absolute atomic E-state index is 14.6. The molecule has 0 aromatic heterocycles. The highest BCUT2D eigenvalue weighted by atomic mass is 19.1. The summed E-state index contributed by atoms with van der Waals surface area (Å²) in [5, 5.41) is 24.3. The molecule has 0 amide bonds. The Morgan fingerprint density at radius 1 is 0.667 bits per heavy atom. The Morgan fingerprint density at radius 2 is 1.19 bits per heavy atom. The van der Waals surface area contributed by atoms with E-state index in [9.17, 15) is 14.6 Å². The highest BCUT2D eigenvalue weighted by Crippen LogP contribution is 2.47. The van der Waals surface area contributed by atoms with Crippen LogP contribution in [0.2, 0.25) is 0 Å². The molecule has 3 aromatic carbocycles. The molecule has 294 valence electrons. The van der Waals surface area contributed by atoms with Gasteiger partial charge in [-0.2, -0.15) is 0 Å². The van der Waals surface area contributed by atoms with Crippen LogP contribution in [-0.2, 0) is 5.60 Å². The molecule has 5 nitrogen and oxygen atoms in total. The van der Waals surface area contributed by atoms with Crippen molar-refractivity contribution in [3.05, 3.63) is 113 Å². The summed E-state index contributed by atoms with van der Waals surface area (Å²) in [6, 6.07) is 25.5. The molecule has 4 unspecified atom stereocenters. The second-order valence-corrected chi connectivity index (χ2v) is 16.8. The van der Waals surface area contributed by atoms with E-state index >= 15 is 0 Å². The number of benzene rings is 3. The van der Waals surface area contributed by atoms with Crippen molar-refractivity contribution < 1.29 is 19.3 Å². The van der Waals surface area contributed by atoms with E-state index < -0.39 is 17.0 Å². The predicted octanol–water partition coefficient (Wildman–Crippen LogP) is 10.4. The van der Waals surface area contributed by atoms with Gasteiger partial charge in [0, 0.05) is 24.9 Å². The number of rotatable bonds is 10. The summed E-state index contributed by atoms with van der Waals surface area (Å²) < 4.78 is 19.6. The van der Waals surface area contributed by atoms with E-state index in [4.69, 9.17) is 4.74 Å². The molecule has 6 rings (SSSR count). The molecule has 2 N–H and O–H groups in total. The van der Waals surface area contributed by atoms with E-state index in [1.54, 1.807) is 12.1 Å². The first-order chi connectivity index (χ1) is 26.0.